The largest absolute Gasteiger partial charge is 0.494 e. The molecule has 2 aromatic carbocycles. The zero-order valence-electron chi connectivity index (χ0n) is 17.8. The molecule has 7 nitrogen and oxygen atoms in total. The van der Waals surface area contributed by atoms with Crippen LogP contribution in [0.2, 0.25) is 5.02 Å². The van der Waals surface area contributed by atoms with Crippen molar-refractivity contribution in [1.82, 2.24) is 0 Å². The average Bonchev–Trinajstić information content (AvgIpc) is 2.77. The number of hydrogen-bond acceptors (Lipinski definition) is 7. The molecule has 0 aliphatic carbocycles. The zero-order valence-corrected chi connectivity index (χ0v) is 18.5. The maximum atomic E-state index is 10.2. The molecule has 172 valence electrons. The van der Waals surface area contributed by atoms with Crippen molar-refractivity contribution in [3.8, 4) is 5.75 Å². The molecule has 0 aromatic heterocycles. The Bertz CT molecular complexity index is 784. The number of methoxy groups -OCH3 is 1. The number of aliphatic hydroxyl groups excluding tert-OH is 4. The Labute approximate surface area is 187 Å². The Balaban J connectivity index is 2.02. The van der Waals surface area contributed by atoms with E-state index in [0.29, 0.717) is 18.1 Å². The molecule has 0 amide bonds. The van der Waals surface area contributed by atoms with E-state index in [1.165, 1.54) is 7.11 Å². The van der Waals surface area contributed by atoms with E-state index < -0.39 is 31.0 Å². The summed E-state index contributed by atoms with van der Waals surface area (Å²) < 4.78 is 15.8. The second-order valence-corrected chi connectivity index (χ2v) is 7.62. The van der Waals surface area contributed by atoms with Gasteiger partial charge in [-0.05, 0) is 48.2 Å². The van der Waals surface area contributed by atoms with Crippen molar-refractivity contribution in [2.24, 2.45) is 0 Å². The summed E-state index contributed by atoms with van der Waals surface area (Å²) in [4.78, 5) is 0. The van der Waals surface area contributed by atoms with Crippen LogP contribution in [0.15, 0.2) is 42.5 Å². The molecule has 31 heavy (non-hydrogen) atoms. The summed E-state index contributed by atoms with van der Waals surface area (Å²) in [5.74, 6) is 0.811. The third-order valence-corrected chi connectivity index (χ3v) is 5.21. The van der Waals surface area contributed by atoms with E-state index in [1.807, 2.05) is 37.3 Å². The minimum Gasteiger partial charge on any atom is -0.494 e. The van der Waals surface area contributed by atoms with Gasteiger partial charge in [0.15, 0.2) is 0 Å². The van der Waals surface area contributed by atoms with Crippen molar-refractivity contribution >= 4 is 11.6 Å². The van der Waals surface area contributed by atoms with Crippen LogP contribution in [-0.4, -0.2) is 71.8 Å². The van der Waals surface area contributed by atoms with Gasteiger partial charge in [0.2, 0.25) is 0 Å². The van der Waals surface area contributed by atoms with Gasteiger partial charge in [0.1, 0.15) is 30.2 Å². The molecular formula is C23H31ClO7. The van der Waals surface area contributed by atoms with Gasteiger partial charge in [-0.25, -0.2) is 0 Å². The van der Waals surface area contributed by atoms with E-state index in [2.05, 4.69) is 0 Å². The maximum Gasteiger partial charge on any atom is 0.119 e. The third kappa shape index (κ3) is 7.73. The van der Waals surface area contributed by atoms with Gasteiger partial charge < -0.3 is 34.6 Å². The second kappa shape index (κ2) is 13.0. The van der Waals surface area contributed by atoms with Crippen molar-refractivity contribution in [3.05, 3.63) is 64.2 Å². The molecule has 0 aliphatic rings. The predicted octanol–water partition coefficient (Wildman–Crippen LogP) is 1.94. The van der Waals surface area contributed by atoms with Crippen molar-refractivity contribution in [1.29, 1.82) is 0 Å². The minimum absolute atomic E-state index is 0.0861. The molecule has 0 saturated heterocycles. The normalized spacial score (nSPS) is 15.3. The summed E-state index contributed by atoms with van der Waals surface area (Å²) in [5, 5.41) is 40.2. The Kier molecular flexibility index (Phi) is 10.7. The topological polar surface area (TPSA) is 109 Å². The van der Waals surface area contributed by atoms with Crippen LogP contribution in [0, 0.1) is 0 Å². The van der Waals surface area contributed by atoms with Gasteiger partial charge in [-0.15, -0.1) is 0 Å². The molecule has 0 unspecified atom stereocenters. The summed E-state index contributed by atoms with van der Waals surface area (Å²) in [6.07, 6.45) is -4.75. The first kappa shape index (κ1) is 25.5. The van der Waals surface area contributed by atoms with E-state index >= 15 is 0 Å². The van der Waals surface area contributed by atoms with Crippen LogP contribution in [0.5, 0.6) is 5.75 Å². The standard InChI is InChI=1S/C23H31ClO7/c1-3-30-18-7-4-15(5-8-18)10-17-11-16(6-9-19(17)24)13-31-21(12-25)23(28)22(27)20(26)14-29-2/h4-9,11,20-23,25-28H,3,10,12-14H2,1-2H3/t20-,21+,22+,23+/m0/s1. The Morgan fingerprint density at radius 1 is 0.968 bits per heavy atom. The molecule has 0 fully saturated rings. The first-order chi connectivity index (χ1) is 14.9. The van der Waals surface area contributed by atoms with E-state index in [0.717, 1.165) is 22.4 Å². The van der Waals surface area contributed by atoms with Crippen molar-refractivity contribution in [3.63, 3.8) is 0 Å². The molecule has 0 heterocycles. The first-order valence-electron chi connectivity index (χ1n) is 10.1. The van der Waals surface area contributed by atoms with Gasteiger partial charge in [-0.3, -0.25) is 0 Å². The SMILES string of the molecule is CCOc1ccc(Cc2cc(CO[C@H](CO)[C@@H](O)[C@H](O)[C@@H](O)COC)ccc2Cl)cc1. The van der Waals surface area contributed by atoms with Gasteiger partial charge in [0, 0.05) is 12.1 Å². The van der Waals surface area contributed by atoms with Crippen LogP contribution >= 0.6 is 11.6 Å². The van der Waals surface area contributed by atoms with Crippen LogP contribution in [0.1, 0.15) is 23.6 Å². The van der Waals surface area contributed by atoms with Crippen LogP contribution in [-0.2, 0) is 22.5 Å². The predicted molar refractivity (Wildman–Crippen MR) is 117 cm³/mol. The van der Waals surface area contributed by atoms with E-state index in [9.17, 15) is 20.4 Å². The number of aliphatic hydroxyl groups is 4. The summed E-state index contributed by atoms with van der Waals surface area (Å²) in [7, 11) is 1.37. The molecule has 8 heteroatoms. The van der Waals surface area contributed by atoms with E-state index in [4.69, 9.17) is 25.8 Å². The summed E-state index contributed by atoms with van der Waals surface area (Å²) in [6.45, 7) is 1.96. The van der Waals surface area contributed by atoms with Crippen LogP contribution in [0.25, 0.3) is 0 Å². The number of rotatable bonds is 13. The van der Waals surface area contributed by atoms with Crippen molar-refractivity contribution in [2.75, 3.05) is 26.9 Å². The molecule has 4 N–H and O–H groups in total. The Hall–Kier alpha value is -1.71. The van der Waals surface area contributed by atoms with Crippen LogP contribution < -0.4 is 4.74 Å². The lowest BCUT2D eigenvalue weighted by molar-refractivity contribution is -0.146. The molecule has 2 rings (SSSR count). The van der Waals surface area contributed by atoms with Gasteiger partial charge in [0.05, 0.1) is 26.4 Å². The lowest BCUT2D eigenvalue weighted by Gasteiger charge is -2.28. The Morgan fingerprint density at radius 3 is 2.26 bits per heavy atom. The summed E-state index contributed by atoms with van der Waals surface area (Å²) in [6, 6.07) is 13.2. The lowest BCUT2D eigenvalue weighted by Crippen LogP contribution is -2.48. The number of ether oxygens (including phenoxy) is 3. The molecular weight excluding hydrogens is 424 g/mol. The highest BCUT2D eigenvalue weighted by molar-refractivity contribution is 6.31. The first-order valence-corrected chi connectivity index (χ1v) is 10.5. The highest BCUT2D eigenvalue weighted by Crippen LogP contribution is 2.23. The highest BCUT2D eigenvalue weighted by atomic mass is 35.5. The number of halogens is 1. The van der Waals surface area contributed by atoms with Gasteiger partial charge in [0.25, 0.3) is 0 Å². The number of hydrogen-bond donors (Lipinski definition) is 4. The second-order valence-electron chi connectivity index (χ2n) is 7.22. The zero-order chi connectivity index (χ0) is 22.8. The van der Waals surface area contributed by atoms with Gasteiger partial charge in [-0.1, -0.05) is 35.9 Å². The molecule has 0 bridgehead atoms. The fraction of sp³-hybridized carbons (Fsp3) is 0.478. The minimum atomic E-state index is -1.52. The molecule has 0 aliphatic heterocycles. The summed E-state index contributed by atoms with van der Waals surface area (Å²) >= 11 is 6.36. The number of benzene rings is 2. The average molecular weight is 455 g/mol. The van der Waals surface area contributed by atoms with Crippen molar-refractivity contribution < 1.29 is 34.6 Å². The highest BCUT2D eigenvalue weighted by Gasteiger charge is 2.31. The fourth-order valence-corrected chi connectivity index (χ4v) is 3.31. The van der Waals surface area contributed by atoms with Gasteiger partial charge in [-0.2, -0.15) is 0 Å². The quantitative estimate of drug-likeness (QED) is 0.366. The molecule has 0 saturated carbocycles. The Morgan fingerprint density at radius 2 is 1.65 bits per heavy atom. The van der Waals surface area contributed by atoms with Gasteiger partial charge >= 0.3 is 0 Å². The lowest BCUT2D eigenvalue weighted by atomic mass is 10.0. The third-order valence-electron chi connectivity index (χ3n) is 4.85. The van der Waals surface area contributed by atoms with Crippen LogP contribution in [0.4, 0.5) is 0 Å². The summed E-state index contributed by atoms with van der Waals surface area (Å²) in [5.41, 5.74) is 2.77. The maximum absolute atomic E-state index is 10.2. The molecule has 0 spiro atoms. The van der Waals surface area contributed by atoms with E-state index in [1.54, 1.807) is 12.1 Å². The van der Waals surface area contributed by atoms with Crippen LogP contribution in [0.3, 0.4) is 0 Å². The monoisotopic (exact) mass is 454 g/mol. The fourth-order valence-electron chi connectivity index (χ4n) is 3.12. The van der Waals surface area contributed by atoms with Crippen molar-refractivity contribution in [2.45, 2.75) is 44.4 Å². The molecule has 4 atom stereocenters. The smallest absolute Gasteiger partial charge is 0.119 e. The molecule has 0 radical (unpaired) electrons. The van der Waals surface area contributed by atoms with E-state index in [-0.39, 0.29) is 13.2 Å². The molecule has 2 aromatic rings.